The second-order valence-electron chi connectivity index (χ2n) is 4.61. The van der Waals surface area contributed by atoms with Gasteiger partial charge in [0.05, 0.1) is 11.1 Å². The molecule has 0 atom stereocenters. The van der Waals surface area contributed by atoms with E-state index in [0.717, 1.165) is 18.5 Å². The summed E-state index contributed by atoms with van der Waals surface area (Å²) in [6, 6.07) is 3.61. The Labute approximate surface area is 126 Å². The molecular formula is C14H15N3O3S. The van der Waals surface area contributed by atoms with E-state index in [1.54, 1.807) is 12.3 Å². The fourth-order valence-corrected chi connectivity index (χ4v) is 2.38. The van der Waals surface area contributed by atoms with E-state index in [0.29, 0.717) is 10.9 Å². The van der Waals surface area contributed by atoms with Crippen LogP contribution in [0.15, 0.2) is 11.1 Å². The Morgan fingerprint density at radius 1 is 1.57 bits per heavy atom. The highest BCUT2D eigenvalue weighted by molar-refractivity contribution is 7.98. The van der Waals surface area contributed by atoms with Gasteiger partial charge in [0, 0.05) is 18.7 Å². The number of nitrogens with one attached hydrogen (secondary N) is 1. The maximum atomic E-state index is 12.1. The number of aromatic nitrogens is 1. The van der Waals surface area contributed by atoms with Crippen molar-refractivity contribution in [2.24, 2.45) is 0 Å². The first kappa shape index (κ1) is 15.3. The minimum absolute atomic E-state index is 0.183. The summed E-state index contributed by atoms with van der Waals surface area (Å²) < 4.78 is 4.94. The molecule has 110 valence electrons. The first-order valence-corrected chi connectivity index (χ1v) is 7.70. The number of nitrogens with zero attached hydrogens (tertiary/aromatic N) is 2. The highest BCUT2D eigenvalue weighted by atomic mass is 32.2. The summed E-state index contributed by atoms with van der Waals surface area (Å²) in [6.07, 6.45) is 3.89. The third-order valence-corrected chi connectivity index (χ3v) is 3.82. The van der Waals surface area contributed by atoms with Gasteiger partial charge in [-0.25, -0.2) is 9.78 Å². The summed E-state index contributed by atoms with van der Waals surface area (Å²) in [7, 11) is 1.46. The predicted octanol–water partition coefficient (Wildman–Crippen LogP) is 1.46. The molecule has 1 aliphatic rings. The van der Waals surface area contributed by atoms with Gasteiger partial charge in [0.1, 0.15) is 11.1 Å². The third-order valence-electron chi connectivity index (χ3n) is 3.14. The molecule has 21 heavy (non-hydrogen) atoms. The topological polar surface area (TPSA) is 92.1 Å². The molecule has 1 aliphatic carbocycles. The van der Waals surface area contributed by atoms with Gasteiger partial charge >= 0.3 is 5.97 Å². The molecule has 0 bridgehead atoms. The minimum atomic E-state index is -0.672. The average molecular weight is 305 g/mol. The largest absolute Gasteiger partial charge is 0.452 e. The number of hydrogen-bond acceptors (Lipinski definition) is 6. The molecule has 1 saturated carbocycles. The Kier molecular flexibility index (Phi) is 4.81. The summed E-state index contributed by atoms with van der Waals surface area (Å²) in [4.78, 5) is 27.7. The Balaban J connectivity index is 2.31. The number of rotatable bonds is 5. The first-order valence-electron chi connectivity index (χ1n) is 6.47. The minimum Gasteiger partial charge on any atom is -0.452 e. The molecular weight excluding hydrogens is 290 g/mol. The van der Waals surface area contributed by atoms with Crippen LogP contribution in [0.3, 0.4) is 0 Å². The van der Waals surface area contributed by atoms with Gasteiger partial charge in [-0.05, 0) is 25.2 Å². The fraction of sp³-hybridized carbons (Fsp3) is 0.429. The molecule has 1 amide bonds. The van der Waals surface area contributed by atoms with Crippen LogP contribution in [0.2, 0.25) is 0 Å². The number of amides is 1. The summed E-state index contributed by atoms with van der Waals surface area (Å²) in [6.45, 7) is -0.365. The van der Waals surface area contributed by atoms with E-state index in [4.69, 9.17) is 4.74 Å². The van der Waals surface area contributed by atoms with Crippen LogP contribution in [0, 0.1) is 11.3 Å². The zero-order chi connectivity index (χ0) is 15.4. The van der Waals surface area contributed by atoms with Crippen molar-refractivity contribution in [3.63, 3.8) is 0 Å². The molecule has 0 saturated heterocycles. The van der Waals surface area contributed by atoms with Crippen LogP contribution in [0.5, 0.6) is 0 Å². The van der Waals surface area contributed by atoms with Gasteiger partial charge < -0.3 is 10.1 Å². The van der Waals surface area contributed by atoms with Crippen LogP contribution >= 0.6 is 11.8 Å². The first-order chi connectivity index (χ1) is 10.1. The monoisotopic (exact) mass is 305 g/mol. The van der Waals surface area contributed by atoms with Gasteiger partial charge in [0.25, 0.3) is 5.91 Å². The number of thioether (sulfide) groups is 1. The zero-order valence-corrected chi connectivity index (χ0v) is 12.6. The van der Waals surface area contributed by atoms with Crippen molar-refractivity contribution < 1.29 is 14.3 Å². The van der Waals surface area contributed by atoms with Crippen LogP contribution in [-0.2, 0) is 9.53 Å². The molecule has 1 heterocycles. The second-order valence-corrected chi connectivity index (χ2v) is 5.41. The summed E-state index contributed by atoms with van der Waals surface area (Å²) in [5.41, 5.74) is 1.20. The van der Waals surface area contributed by atoms with Crippen molar-refractivity contribution >= 4 is 23.6 Å². The summed E-state index contributed by atoms with van der Waals surface area (Å²) in [5, 5.41) is 12.1. The molecule has 2 rings (SSSR count). The molecule has 0 radical (unpaired) electrons. The summed E-state index contributed by atoms with van der Waals surface area (Å²) >= 11 is 1.32. The normalized spacial score (nSPS) is 13.4. The Bertz CT molecular complexity index is 621. The Morgan fingerprint density at radius 3 is 2.81 bits per heavy atom. The number of carbonyl (C=O) groups is 2. The molecule has 1 aromatic heterocycles. The average Bonchev–Trinajstić information content (AvgIpc) is 3.35. The quantitative estimate of drug-likeness (QED) is 0.654. The van der Waals surface area contributed by atoms with Gasteiger partial charge in [-0.2, -0.15) is 5.26 Å². The van der Waals surface area contributed by atoms with E-state index in [2.05, 4.69) is 10.3 Å². The maximum Gasteiger partial charge on any atom is 0.340 e. The lowest BCUT2D eigenvalue weighted by atomic mass is 10.1. The van der Waals surface area contributed by atoms with Crippen molar-refractivity contribution in [1.82, 2.24) is 10.3 Å². The van der Waals surface area contributed by atoms with Gasteiger partial charge in [0.2, 0.25) is 0 Å². The molecule has 0 aromatic carbocycles. The van der Waals surface area contributed by atoms with Gasteiger partial charge in [0.15, 0.2) is 6.61 Å². The number of esters is 1. The third kappa shape index (κ3) is 3.52. The Hall–Kier alpha value is -2.07. The molecule has 1 fully saturated rings. The lowest BCUT2D eigenvalue weighted by Gasteiger charge is -2.10. The van der Waals surface area contributed by atoms with Gasteiger partial charge in [-0.1, -0.05) is 0 Å². The van der Waals surface area contributed by atoms with Crippen molar-refractivity contribution in [3.8, 4) is 6.07 Å². The number of pyridine rings is 1. The van der Waals surface area contributed by atoms with E-state index < -0.39 is 11.9 Å². The van der Waals surface area contributed by atoms with Crippen molar-refractivity contribution in [3.05, 3.63) is 22.9 Å². The standard InChI is InChI=1S/C14H15N3O3S/c1-16-12(18)7-20-14(19)9-5-11(8-3-4-8)17-13(21-2)10(9)6-15/h5,8H,3-4,7H2,1-2H3,(H,16,18). The predicted molar refractivity (Wildman–Crippen MR) is 77.1 cm³/mol. The van der Waals surface area contributed by atoms with Gasteiger partial charge in [-0.3, -0.25) is 4.79 Å². The maximum absolute atomic E-state index is 12.1. The van der Waals surface area contributed by atoms with Gasteiger partial charge in [-0.15, -0.1) is 11.8 Å². The van der Waals surface area contributed by atoms with E-state index in [1.807, 2.05) is 6.07 Å². The zero-order valence-electron chi connectivity index (χ0n) is 11.8. The van der Waals surface area contributed by atoms with Crippen molar-refractivity contribution in [1.29, 1.82) is 5.26 Å². The number of likely N-dealkylation sites (N-methyl/N-ethyl adjacent to an activating group) is 1. The lowest BCUT2D eigenvalue weighted by molar-refractivity contribution is -0.123. The molecule has 7 heteroatoms. The molecule has 0 unspecified atom stereocenters. The second kappa shape index (κ2) is 6.59. The van der Waals surface area contributed by atoms with Crippen LogP contribution in [0.1, 0.15) is 40.4 Å². The number of ether oxygens (including phenoxy) is 1. The molecule has 1 N–H and O–H groups in total. The molecule has 0 spiro atoms. The fourth-order valence-electron chi connectivity index (χ4n) is 1.83. The smallest absolute Gasteiger partial charge is 0.340 e. The molecule has 1 aromatic rings. The van der Waals surface area contributed by atoms with E-state index in [-0.39, 0.29) is 17.7 Å². The lowest BCUT2D eigenvalue weighted by Crippen LogP contribution is -2.25. The van der Waals surface area contributed by atoms with Crippen molar-refractivity contribution in [2.75, 3.05) is 19.9 Å². The molecule has 0 aliphatic heterocycles. The number of hydrogen-bond donors (Lipinski definition) is 1. The SMILES string of the molecule is CNC(=O)COC(=O)c1cc(C2CC2)nc(SC)c1C#N. The van der Waals surface area contributed by atoms with E-state index in [1.165, 1.54) is 18.8 Å². The highest BCUT2D eigenvalue weighted by Gasteiger charge is 2.29. The molecule has 6 nitrogen and oxygen atoms in total. The number of carbonyl (C=O) groups excluding carboxylic acids is 2. The van der Waals surface area contributed by atoms with E-state index in [9.17, 15) is 14.9 Å². The van der Waals surface area contributed by atoms with Crippen LogP contribution in [-0.4, -0.2) is 36.8 Å². The number of nitriles is 1. The summed E-state index contributed by atoms with van der Waals surface area (Å²) in [5.74, 6) is -0.715. The van der Waals surface area contributed by atoms with E-state index >= 15 is 0 Å². The van der Waals surface area contributed by atoms with Crippen LogP contribution in [0.4, 0.5) is 0 Å². The Morgan fingerprint density at radius 2 is 2.29 bits per heavy atom. The van der Waals surface area contributed by atoms with Crippen LogP contribution < -0.4 is 5.32 Å². The highest BCUT2D eigenvalue weighted by Crippen LogP contribution is 2.40. The van der Waals surface area contributed by atoms with Crippen molar-refractivity contribution in [2.45, 2.75) is 23.8 Å². The van der Waals surface area contributed by atoms with Crippen LogP contribution in [0.25, 0.3) is 0 Å².